The molecule has 0 aromatic carbocycles. The largest absolute Gasteiger partial charge is 0.446 e. The fraction of sp³-hybridized carbons (Fsp3) is 0.545. The summed E-state index contributed by atoms with van der Waals surface area (Å²) in [6, 6.07) is 5.40. The zero-order chi connectivity index (χ0) is 21.9. The van der Waals surface area contributed by atoms with Crippen molar-refractivity contribution in [1.82, 2.24) is 19.8 Å². The highest BCUT2D eigenvalue weighted by molar-refractivity contribution is 5.80. The van der Waals surface area contributed by atoms with Crippen LogP contribution < -0.4 is 10.9 Å². The van der Waals surface area contributed by atoms with Gasteiger partial charge in [0, 0.05) is 44.5 Å². The number of carbonyl (C=O) groups is 1. The van der Waals surface area contributed by atoms with E-state index in [0.717, 1.165) is 43.6 Å². The van der Waals surface area contributed by atoms with Gasteiger partial charge in [0.1, 0.15) is 12.2 Å². The summed E-state index contributed by atoms with van der Waals surface area (Å²) in [7, 11) is 1.71. The third-order valence-electron chi connectivity index (χ3n) is 5.32. The number of fused-ring (bicyclic) bond motifs is 1. The Labute approximate surface area is 176 Å². The SMILES string of the molecule is Cn1c(=O)ccc2ncc(C#N)c(CCN3CCC(OC(=O)NC(C)(C)C)CC3)c21. The van der Waals surface area contributed by atoms with Crippen molar-refractivity contribution in [1.29, 1.82) is 5.26 Å². The highest BCUT2D eigenvalue weighted by atomic mass is 16.6. The van der Waals surface area contributed by atoms with Gasteiger partial charge in [0.25, 0.3) is 5.56 Å². The fourth-order valence-electron chi connectivity index (χ4n) is 3.78. The highest BCUT2D eigenvalue weighted by Crippen LogP contribution is 2.21. The number of hydrogen-bond acceptors (Lipinski definition) is 6. The molecule has 1 N–H and O–H groups in total. The van der Waals surface area contributed by atoms with Crippen molar-refractivity contribution in [2.75, 3.05) is 19.6 Å². The van der Waals surface area contributed by atoms with Gasteiger partial charge in [0.05, 0.1) is 16.6 Å². The Morgan fingerprint density at radius 2 is 2.03 bits per heavy atom. The first-order valence-electron chi connectivity index (χ1n) is 10.3. The molecule has 0 spiro atoms. The van der Waals surface area contributed by atoms with Crippen LogP contribution in [0.4, 0.5) is 4.79 Å². The minimum Gasteiger partial charge on any atom is -0.446 e. The molecule has 1 aliphatic heterocycles. The molecule has 1 aliphatic rings. The molecule has 0 saturated carbocycles. The van der Waals surface area contributed by atoms with E-state index in [4.69, 9.17) is 4.74 Å². The van der Waals surface area contributed by atoms with Crippen LogP contribution in [-0.2, 0) is 18.2 Å². The lowest BCUT2D eigenvalue weighted by Gasteiger charge is -2.32. The summed E-state index contributed by atoms with van der Waals surface area (Å²) >= 11 is 0. The number of pyridine rings is 2. The Morgan fingerprint density at radius 1 is 1.33 bits per heavy atom. The zero-order valence-corrected chi connectivity index (χ0v) is 18.1. The van der Waals surface area contributed by atoms with Crippen molar-refractivity contribution in [3.05, 3.63) is 39.8 Å². The number of aryl methyl sites for hydroxylation is 1. The topological polar surface area (TPSA) is 100 Å². The fourth-order valence-corrected chi connectivity index (χ4v) is 3.78. The number of rotatable bonds is 4. The lowest BCUT2D eigenvalue weighted by molar-refractivity contribution is 0.0475. The molecule has 3 rings (SSSR count). The molecular weight excluding hydrogens is 382 g/mol. The Bertz CT molecular complexity index is 1020. The minimum absolute atomic E-state index is 0.0825. The number of aromatic nitrogens is 2. The van der Waals surface area contributed by atoms with Gasteiger partial charge < -0.3 is 19.5 Å². The van der Waals surface area contributed by atoms with Gasteiger partial charge in [-0.15, -0.1) is 0 Å². The van der Waals surface area contributed by atoms with Crippen LogP contribution in [0.1, 0.15) is 44.7 Å². The smallest absolute Gasteiger partial charge is 0.407 e. The number of hydrogen-bond donors (Lipinski definition) is 1. The summed E-state index contributed by atoms with van der Waals surface area (Å²) in [6.07, 6.45) is 3.33. The van der Waals surface area contributed by atoms with E-state index in [1.165, 1.54) is 6.07 Å². The molecule has 0 unspecified atom stereocenters. The number of alkyl carbamates (subject to hydrolysis) is 1. The average molecular weight is 412 g/mol. The third kappa shape index (κ3) is 5.16. The van der Waals surface area contributed by atoms with Crippen LogP contribution in [-0.4, -0.2) is 51.8 Å². The van der Waals surface area contributed by atoms with Crippen LogP contribution in [0, 0.1) is 11.3 Å². The lowest BCUT2D eigenvalue weighted by Crippen LogP contribution is -2.44. The first kappa shape index (κ1) is 21.8. The van der Waals surface area contributed by atoms with Crippen LogP contribution in [0.2, 0.25) is 0 Å². The molecule has 0 bridgehead atoms. The van der Waals surface area contributed by atoms with Gasteiger partial charge in [-0.25, -0.2) is 4.79 Å². The van der Waals surface area contributed by atoms with E-state index in [9.17, 15) is 14.9 Å². The molecule has 0 aliphatic carbocycles. The second kappa shape index (κ2) is 8.84. The highest BCUT2D eigenvalue weighted by Gasteiger charge is 2.24. The van der Waals surface area contributed by atoms with Crippen molar-refractivity contribution in [3.63, 3.8) is 0 Å². The molecule has 8 nitrogen and oxygen atoms in total. The van der Waals surface area contributed by atoms with Gasteiger partial charge in [0.15, 0.2) is 0 Å². The van der Waals surface area contributed by atoms with Gasteiger partial charge in [-0.1, -0.05) is 0 Å². The van der Waals surface area contributed by atoms with E-state index >= 15 is 0 Å². The third-order valence-corrected chi connectivity index (χ3v) is 5.32. The molecule has 2 aromatic rings. The van der Waals surface area contributed by atoms with Crippen molar-refractivity contribution in [2.24, 2.45) is 7.05 Å². The summed E-state index contributed by atoms with van der Waals surface area (Å²) < 4.78 is 7.10. The van der Waals surface area contributed by atoms with E-state index in [-0.39, 0.29) is 23.3 Å². The summed E-state index contributed by atoms with van der Waals surface area (Å²) in [5.74, 6) is 0. The maximum absolute atomic E-state index is 12.1. The standard InChI is InChI=1S/C22H29N5O3/c1-22(2,3)25-21(29)30-16-7-10-27(11-8-16)12-9-17-15(13-23)14-24-18-5-6-19(28)26(4)20(17)18/h5-6,14,16H,7-12H2,1-4H3,(H,25,29). The maximum Gasteiger partial charge on any atom is 0.407 e. The molecule has 30 heavy (non-hydrogen) atoms. The maximum atomic E-state index is 12.1. The number of ether oxygens (including phenoxy) is 1. The summed E-state index contributed by atoms with van der Waals surface area (Å²) in [6.45, 7) is 8.16. The predicted molar refractivity (Wildman–Crippen MR) is 114 cm³/mol. The van der Waals surface area contributed by atoms with E-state index in [0.29, 0.717) is 17.5 Å². The second-order valence-electron chi connectivity index (χ2n) is 8.80. The molecule has 1 fully saturated rings. The Morgan fingerprint density at radius 3 is 2.67 bits per heavy atom. The van der Waals surface area contributed by atoms with E-state index in [1.807, 2.05) is 20.8 Å². The number of nitrogens with one attached hydrogen (secondary N) is 1. The van der Waals surface area contributed by atoms with Gasteiger partial charge in [0.2, 0.25) is 0 Å². The van der Waals surface area contributed by atoms with Crippen LogP contribution in [0.5, 0.6) is 0 Å². The number of amides is 1. The number of piperidine rings is 1. The Hall–Kier alpha value is -2.92. The summed E-state index contributed by atoms with van der Waals surface area (Å²) in [5.41, 5.74) is 2.35. The number of nitriles is 1. The van der Waals surface area contributed by atoms with E-state index in [2.05, 4.69) is 21.3 Å². The van der Waals surface area contributed by atoms with Gasteiger partial charge in [-0.3, -0.25) is 9.78 Å². The zero-order valence-electron chi connectivity index (χ0n) is 18.1. The van der Waals surface area contributed by atoms with Gasteiger partial charge in [-0.2, -0.15) is 5.26 Å². The van der Waals surface area contributed by atoms with E-state index < -0.39 is 0 Å². The molecule has 8 heteroatoms. The Kier molecular flexibility index (Phi) is 6.42. The Balaban J connectivity index is 1.63. The monoisotopic (exact) mass is 411 g/mol. The summed E-state index contributed by atoms with van der Waals surface area (Å²) in [4.78, 5) is 30.7. The van der Waals surface area contributed by atoms with Crippen molar-refractivity contribution >= 4 is 17.1 Å². The predicted octanol–water partition coefficient (Wildman–Crippen LogP) is 2.34. The normalized spacial score (nSPS) is 15.7. The molecule has 0 radical (unpaired) electrons. The first-order valence-corrected chi connectivity index (χ1v) is 10.3. The molecule has 1 saturated heterocycles. The summed E-state index contributed by atoms with van der Waals surface area (Å²) in [5, 5.41) is 12.4. The van der Waals surface area contributed by atoms with E-state index in [1.54, 1.807) is 23.9 Å². The average Bonchev–Trinajstić information content (AvgIpc) is 2.68. The molecular formula is C22H29N5O3. The quantitative estimate of drug-likeness (QED) is 0.829. The molecule has 3 heterocycles. The van der Waals surface area contributed by atoms with Gasteiger partial charge in [-0.05, 0) is 51.7 Å². The van der Waals surface area contributed by atoms with Crippen molar-refractivity contribution < 1.29 is 9.53 Å². The minimum atomic E-state index is -0.371. The van der Waals surface area contributed by atoms with Crippen molar-refractivity contribution in [2.45, 2.75) is 51.7 Å². The van der Waals surface area contributed by atoms with Crippen LogP contribution in [0.25, 0.3) is 11.0 Å². The van der Waals surface area contributed by atoms with Crippen LogP contribution >= 0.6 is 0 Å². The molecule has 1 amide bonds. The second-order valence-corrected chi connectivity index (χ2v) is 8.80. The number of carbonyl (C=O) groups excluding carboxylic acids is 1. The van der Waals surface area contributed by atoms with Crippen LogP contribution in [0.3, 0.4) is 0 Å². The number of nitrogens with zero attached hydrogens (tertiary/aromatic N) is 4. The first-order chi connectivity index (χ1) is 14.2. The van der Waals surface area contributed by atoms with Crippen LogP contribution in [0.15, 0.2) is 23.1 Å². The molecule has 2 aromatic heterocycles. The lowest BCUT2D eigenvalue weighted by atomic mass is 10.0. The molecule has 160 valence electrons. The van der Waals surface area contributed by atoms with Gasteiger partial charge >= 0.3 is 6.09 Å². The van der Waals surface area contributed by atoms with Crippen molar-refractivity contribution in [3.8, 4) is 6.07 Å². The molecule has 0 atom stereocenters. The number of likely N-dealkylation sites (tertiary alicyclic amines) is 1.